The van der Waals surface area contributed by atoms with E-state index in [4.69, 9.17) is 9.26 Å². The predicted molar refractivity (Wildman–Crippen MR) is 73.4 cm³/mol. The summed E-state index contributed by atoms with van der Waals surface area (Å²) in [7, 11) is 1.47. The van der Waals surface area contributed by atoms with Crippen molar-refractivity contribution in [3.8, 4) is 11.4 Å². The summed E-state index contributed by atoms with van der Waals surface area (Å²) >= 11 is 0. The van der Waals surface area contributed by atoms with Gasteiger partial charge in [0.25, 0.3) is 0 Å². The molecule has 0 bridgehead atoms. The van der Waals surface area contributed by atoms with Gasteiger partial charge < -0.3 is 9.26 Å². The lowest BCUT2D eigenvalue weighted by molar-refractivity contribution is -0.122. The van der Waals surface area contributed by atoms with Crippen molar-refractivity contribution in [2.45, 2.75) is 6.42 Å². The third-order valence-corrected chi connectivity index (χ3v) is 2.85. The average molecular weight is 284 g/mol. The fourth-order valence-corrected chi connectivity index (χ4v) is 1.93. The van der Waals surface area contributed by atoms with E-state index in [1.54, 1.807) is 12.4 Å². The van der Waals surface area contributed by atoms with Gasteiger partial charge in [0.2, 0.25) is 11.7 Å². The minimum atomic E-state index is -0.114. The van der Waals surface area contributed by atoms with E-state index in [2.05, 4.69) is 20.1 Å². The zero-order valence-electron chi connectivity index (χ0n) is 11.3. The number of carbonyl (C=O) groups is 1. The van der Waals surface area contributed by atoms with Crippen molar-refractivity contribution >= 4 is 16.8 Å². The van der Waals surface area contributed by atoms with Gasteiger partial charge in [-0.25, -0.2) is 0 Å². The summed E-state index contributed by atoms with van der Waals surface area (Å²) in [5.41, 5.74) is 2.30. The van der Waals surface area contributed by atoms with Gasteiger partial charge in [0.05, 0.1) is 17.5 Å². The molecule has 7 heteroatoms. The van der Waals surface area contributed by atoms with Crippen molar-refractivity contribution in [2.75, 3.05) is 13.7 Å². The lowest BCUT2D eigenvalue weighted by Crippen LogP contribution is -2.09. The van der Waals surface area contributed by atoms with E-state index in [-0.39, 0.29) is 24.7 Å². The SMILES string of the molecule is COCC(=O)Cc1nc(-c2ccc3nccnc3c2)no1. The standard InChI is InChI=1S/C14H12N4O3/c1-20-8-10(19)7-13-17-14(18-21-13)9-2-3-11-12(6-9)16-5-4-15-11/h2-6H,7-8H2,1H3. The molecule has 21 heavy (non-hydrogen) atoms. The van der Waals surface area contributed by atoms with E-state index in [0.717, 1.165) is 16.6 Å². The van der Waals surface area contributed by atoms with Gasteiger partial charge in [-0.15, -0.1) is 0 Å². The van der Waals surface area contributed by atoms with Gasteiger partial charge in [-0.3, -0.25) is 14.8 Å². The highest BCUT2D eigenvalue weighted by Gasteiger charge is 2.13. The number of hydrogen-bond acceptors (Lipinski definition) is 7. The summed E-state index contributed by atoms with van der Waals surface area (Å²) < 4.78 is 9.84. The predicted octanol–water partition coefficient (Wildman–Crippen LogP) is 1.44. The highest BCUT2D eigenvalue weighted by atomic mass is 16.5. The minimum absolute atomic E-state index is 0.0310. The van der Waals surface area contributed by atoms with Crippen LogP contribution in [0.4, 0.5) is 0 Å². The first-order valence-electron chi connectivity index (χ1n) is 6.30. The van der Waals surface area contributed by atoms with Gasteiger partial charge in [-0.2, -0.15) is 4.98 Å². The molecule has 2 aromatic heterocycles. The van der Waals surface area contributed by atoms with Gasteiger partial charge in [0, 0.05) is 25.1 Å². The minimum Gasteiger partial charge on any atom is -0.377 e. The van der Waals surface area contributed by atoms with Crippen LogP contribution >= 0.6 is 0 Å². The van der Waals surface area contributed by atoms with Crippen LogP contribution in [0.15, 0.2) is 35.1 Å². The Kier molecular flexibility index (Phi) is 3.65. The summed E-state index contributed by atoms with van der Waals surface area (Å²) in [4.78, 5) is 24.1. The largest absolute Gasteiger partial charge is 0.377 e. The van der Waals surface area contributed by atoms with Gasteiger partial charge in [-0.1, -0.05) is 5.16 Å². The number of ketones is 1. The Morgan fingerprint density at radius 2 is 2.05 bits per heavy atom. The summed E-state index contributed by atoms with van der Waals surface area (Å²) in [5.74, 6) is 0.575. The van der Waals surface area contributed by atoms with Crippen molar-refractivity contribution in [3.05, 3.63) is 36.5 Å². The highest BCUT2D eigenvalue weighted by molar-refractivity contribution is 5.81. The number of aromatic nitrogens is 4. The van der Waals surface area contributed by atoms with Crippen LogP contribution in [-0.4, -0.2) is 39.6 Å². The third kappa shape index (κ3) is 2.92. The van der Waals surface area contributed by atoms with E-state index in [9.17, 15) is 4.79 Å². The molecule has 0 N–H and O–H groups in total. The molecule has 0 fully saturated rings. The molecule has 0 aliphatic carbocycles. The van der Waals surface area contributed by atoms with Crippen molar-refractivity contribution in [2.24, 2.45) is 0 Å². The number of hydrogen-bond donors (Lipinski definition) is 0. The maximum absolute atomic E-state index is 11.5. The number of methoxy groups -OCH3 is 1. The molecule has 2 heterocycles. The normalized spacial score (nSPS) is 10.9. The molecule has 0 atom stereocenters. The second-order valence-corrected chi connectivity index (χ2v) is 4.42. The van der Waals surface area contributed by atoms with E-state index in [0.29, 0.717) is 5.82 Å². The van der Waals surface area contributed by atoms with Crippen LogP contribution in [0.5, 0.6) is 0 Å². The van der Waals surface area contributed by atoms with Crippen molar-refractivity contribution in [3.63, 3.8) is 0 Å². The lowest BCUT2D eigenvalue weighted by Gasteiger charge is -1.97. The Balaban J connectivity index is 1.85. The van der Waals surface area contributed by atoms with Crippen LogP contribution in [0, 0.1) is 0 Å². The van der Waals surface area contributed by atoms with Crippen LogP contribution in [0.3, 0.4) is 0 Å². The molecule has 106 valence electrons. The van der Waals surface area contributed by atoms with Gasteiger partial charge in [0.1, 0.15) is 6.61 Å². The van der Waals surface area contributed by atoms with E-state index < -0.39 is 0 Å². The van der Waals surface area contributed by atoms with E-state index in [1.165, 1.54) is 7.11 Å². The summed E-state index contributed by atoms with van der Waals surface area (Å²) in [6, 6.07) is 5.50. The molecule has 0 aliphatic heterocycles. The Labute approximate surface area is 120 Å². The molecule has 1 aromatic carbocycles. The molecule has 0 unspecified atom stereocenters. The third-order valence-electron chi connectivity index (χ3n) is 2.85. The fourth-order valence-electron chi connectivity index (χ4n) is 1.93. The first-order chi connectivity index (χ1) is 10.3. The molecule has 0 saturated heterocycles. The molecular formula is C14H12N4O3. The number of carbonyl (C=O) groups excluding carboxylic acids is 1. The number of nitrogens with zero attached hydrogens (tertiary/aromatic N) is 4. The van der Waals surface area contributed by atoms with Gasteiger partial charge in [0.15, 0.2) is 5.78 Å². The Morgan fingerprint density at radius 3 is 2.86 bits per heavy atom. The van der Waals surface area contributed by atoms with Crippen LogP contribution < -0.4 is 0 Å². The maximum Gasteiger partial charge on any atom is 0.234 e. The maximum atomic E-state index is 11.5. The van der Waals surface area contributed by atoms with Crippen molar-refractivity contribution in [1.82, 2.24) is 20.1 Å². The number of Topliss-reactive ketones (excluding diaryl/α,β-unsaturated/α-hetero) is 1. The van der Waals surface area contributed by atoms with Crippen molar-refractivity contribution in [1.29, 1.82) is 0 Å². The molecule has 0 saturated carbocycles. The number of fused-ring (bicyclic) bond motifs is 1. The monoisotopic (exact) mass is 284 g/mol. The number of rotatable bonds is 5. The average Bonchev–Trinajstić information content (AvgIpc) is 2.95. The second kappa shape index (κ2) is 5.76. The van der Waals surface area contributed by atoms with Crippen LogP contribution in [-0.2, 0) is 16.0 Å². The topological polar surface area (TPSA) is 91.0 Å². The Morgan fingerprint density at radius 1 is 1.24 bits per heavy atom. The number of ether oxygens (including phenoxy) is 1. The number of benzene rings is 1. The zero-order valence-corrected chi connectivity index (χ0v) is 11.3. The summed E-state index contributed by atoms with van der Waals surface area (Å²) in [6.45, 7) is 0.0310. The highest BCUT2D eigenvalue weighted by Crippen LogP contribution is 2.20. The van der Waals surface area contributed by atoms with E-state index in [1.807, 2.05) is 18.2 Å². The molecular weight excluding hydrogens is 272 g/mol. The Hall–Kier alpha value is -2.67. The van der Waals surface area contributed by atoms with Crippen LogP contribution in [0.25, 0.3) is 22.4 Å². The van der Waals surface area contributed by atoms with Gasteiger partial charge in [-0.05, 0) is 18.2 Å². The molecule has 7 nitrogen and oxygen atoms in total. The summed E-state index contributed by atoms with van der Waals surface area (Å²) in [5, 5.41) is 3.88. The quantitative estimate of drug-likeness (QED) is 0.700. The first-order valence-corrected chi connectivity index (χ1v) is 6.30. The van der Waals surface area contributed by atoms with Crippen molar-refractivity contribution < 1.29 is 14.1 Å². The Bertz CT molecular complexity index is 784. The molecule has 0 spiro atoms. The fraction of sp³-hybridized carbons (Fsp3) is 0.214. The molecule has 0 aliphatic rings. The molecule has 3 aromatic rings. The van der Waals surface area contributed by atoms with Crippen LogP contribution in [0.1, 0.15) is 5.89 Å². The van der Waals surface area contributed by atoms with E-state index >= 15 is 0 Å². The molecule has 3 rings (SSSR count). The first kappa shape index (κ1) is 13.3. The zero-order chi connectivity index (χ0) is 14.7. The molecule has 0 radical (unpaired) electrons. The van der Waals surface area contributed by atoms with Crippen LogP contribution in [0.2, 0.25) is 0 Å². The summed E-state index contributed by atoms with van der Waals surface area (Å²) in [6.07, 6.45) is 3.32. The smallest absolute Gasteiger partial charge is 0.234 e. The second-order valence-electron chi connectivity index (χ2n) is 4.42. The lowest BCUT2D eigenvalue weighted by atomic mass is 10.2. The molecule has 0 amide bonds. The van der Waals surface area contributed by atoms with Gasteiger partial charge >= 0.3 is 0 Å².